The fraction of sp³-hybridized carbons (Fsp3) is 0.925. The van der Waals surface area contributed by atoms with Gasteiger partial charge in [-0.3, -0.25) is 0 Å². The Morgan fingerprint density at radius 2 is 1.15 bits per heavy atom. The molecule has 0 radical (unpaired) electrons. The van der Waals surface area contributed by atoms with E-state index in [9.17, 15) is 9.90 Å². The summed E-state index contributed by atoms with van der Waals surface area (Å²) >= 11 is 9.53. The quantitative estimate of drug-likeness (QED) is 0.107. The van der Waals surface area contributed by atoms with Gasteiger partial charge in [-0.25, -0.2) is 4.79 Å². The Morgan fingerprint density at radius 3 is 1.52 bits per heavy atom. The highest BCUT2D eigenvalue weighted by molar-refractivity contribution is 6.40. The van der Waals surface area contributed by atoms with Crippen LogP contribution in [0.5, 0.6) is 0 Å². The lowest BCUT2D eigenvalue weighted by molar-refractivity contribution is -0.234. The highest BCUT2D eigenvalue weighted by Crippen LogP contribution is 2.43. The number of nitrogens with zero attached hydrogens (tertiary/aromatic N) is 1. The van der Waals surface area contributed by atoms with Crippen molar-refractivity contribution in [3.63, 3.8) is 0 Å². The molecule has 6 N–H and O–H groups in total. The second-order valence-corrected chi connectivity index (χ2v) is 17.7. The van der Waals surface area contributed by atoms with Crippen molar-refractivity contribution < 1.29 is 92.3 Å². The monoisotopic (exact) mass is 939 g/mol. The van der Waals surface area contributed by atoms with Gasteiger partial charge in [-0.1, -0.05) is 27.4 Å². The Kier molecular flexibility index (Phi) is 21.2. The maximum atomic E-state index is 11.6. The van der Waals surface area contributed by atoms with E-state index in [1.807, 2.05) is 27.7 Å². The van der Waals surface area contributed by atoms with E-state index in [1.54, 1.807) is 27.7 Å². The van der Waals surface area contributed by atoms with Gasteiger partial charge in [0.1, 0.15) is 61.0 Å². The van der Waals surface area contributed by atoms with Crippen LogP contribution < -0.4 is 0 Å². The van der Waals surface area contributed by atoms with Crippen LogP contribution in [0.3, 0.4) is 0 Å². The molecule has 7 fully saturated rings. The van der Waals surface area contributed by atoms with E-state index in [1.165, 1.54) is 19.6 Å². The summed E-state index contributed by atoms with van der Waals surface area (Å²) in [6.45, 7) is 28.2. The van der Waals surface area contributed by atoms with Gasteiger partial charge in [-0.05, 0) is 75.0 Å². The molecule has 0 spiro atoms. The molecular weight excluding hydrogens is 869 g/mol. The van der Waals surface area contributed by atoms with Gasteiger partial charge in [0.15, 0.2) is 54.2 Å². The highest BCUT2D eigenvalue weighted by atomic mass is 35.5. The Hall–Kier alpha value is -0.930. The third kappa shape index (κ3) is 15.0. The number of hydrogen-bond donors (Lipinski definition) is 6. The molecule has 7 aliphatic heterocycles. The van der Waals surface area contributed by atoms with E-state index in [0.29, 0.717) is 13.2 Å². The number of carbonyl (C=O) groups is 1. The molecule has 15 unspecified atom stereocenters. The van der Waals surface area contributed by atoms with E-state index in [4.69, 9.17) is 101 Å². The molecule has 0 bridgehead atoms. The van der Waals surface area contributed by atoms with Gasteiger partial charge >= 0.3 is 5.97 Å². The highest BCUT2D eigenvalue weighted by Gasteiger charge is 2.60. The number of alkyl halides is 2. The van der Waals surface area contributed by atoms with E-state index in [-0.39, 0.29) is 17.5 Å². The van der Waals surface area contributed by atoms with Crippen LogP contribution >= 0.6 is 23.2 Å². The zero-order valence-corrected chi connectivity index (χ0v) is 39.1. The van der Waals surface area contributed by atoms with Crippen LogP contribution in [0.1, 0.15) is 76.2 Å². The normalized spacial score (nSPS) is 39.4. The van der Waals surface area contributed by atoms with Crippen molar-refractivity contribution in [1.29, 1.82) is 0 Å². The maximum absolute atomic E-state index is 11.6. The number of ether oxygens (including phenoxy) is 12. The first kappa shape index (κ1) is 55.4. The fourth-order valence-electron chi connectivity index (χ4n) is 7.48. The molecule has 62 heavy (non-hydrogen) atoms. The van der Waals surface area contributed by atoms with Crippen molar-refractivity contribution in [3.05, 3.63) is 12.7 Å². The van der Waals surface area contributed by atoms with E-state index in [2.05, 4.69) is 37.0 Å². The molecular formula is C40H71Cl2NO19. The fourth-order valence-corrected chi connectivity index (χ4v) is 7.48. The molecule has 364 valence electrons. The van der Waals surface area contributed by atoms with Crippen LogP contribution in [0, 0.1) is 0 Å². The molecule has 0 aromatic heterocycles. The van der Waals surface area contributed by atoms with Gasteiger partial charge < -0.3 is 92.4 Å². The molecule has 0 aromatic carbocycles. The van der Waals surface area contributed by atoms with Crippen molar-refractivity contribution in [2.24, 2.45) is 0 Å². The summed E-state index contributed by atoms with van der Waals surface area (Å²) in [4.78, 5) is 14.0. The van der Waals surface area contributed by atoms with Gasteiger partial charge in [0.05, 0.1) is 25.2 Å². The van der Waals surface area contributed by atoms with Crippen LogP contribution in [0.4, 0.5) is 0 Å². The Balaban J connectivity index is 0.000000230. The summed E-state index contributed by atoms with van der Waals surface area (Å²) in [7, 11) is 0. The van der Waals surface area contributed by atoms with Crippen molar-refractivity contribution >= 4 is 29.2 Å². The summed E-state index contributed by atoms with van der Waals surface area (Å²) in [5, 5.41) is 54.9. The summed E-state index contributed by atoms with van der Waals surface area (Å²) in [5.41, 5.74) is 0. The van der Waals surface area contributed by atoms with Crippen molar-refractivity contribution in [3.8, 4) is 0 Å². The number of aliphatic hydroxyl groups excluding tert-OH is 6. The molecule has 0 aliphatic carbocycles. The first-order chi connectivity index (χ1) is 28.8. The van der Waals surface area contributed by atoms with Gasteiger partial charge in [-0.2, -0.15) is 0 Å². The zero-order valence-electron chi connectivity index (χ0n) is 37.6. The minimum atomic E-state index is -1.51. The number of fused-ring (bicyclic) bond motifs is 2. The summed E-state index contributed by atoms with van der Waals surface area (Å²) in [6, 6.07) is 0. The molecule has 7 rings (SSSR count). The largest absolute Gasteiger partial charge is 0.453 e. The zero-order chi connectivity index (χ0) is 47.0. The second-order valence-electron chi connectivity index (χ2n) is 16.9. The van der Waals surface area contributed by atoms with Crippen molar-refractivity contribution in [2.75, 3.05) is 44.8 Å². The second kappa shape index (κ2) is 23.7. The third-order valence-corrected chi connectivity index (χ3v) is 10.5. The molecule has 15 atom stereocenters. The lowest BCUT2D eigenvalue weighted by Crippen LogP contribution is -2.45. The van der Waals surface area contributed by atoms with Crippen LogP contribution in [0.2, 0.25) is 0 Å². The predicted molar refractivity (Wildman–Crippen MR) is 219 cm³/mol. The molecule has 7 aliphatic rings. The number of rotatable bonds is 9. The molecule has 7 saturated heterocycles. The molecule has 20 nitrogen and oxygen atoms in total. The standard InChI is InChI=1S/C15H22O7.C12H20O6.C6H15N.C6H12O6.CH2Cl2/c1-6-9(16)18-11-10(8-7-17-14(2,3)20-8)19-13-12(11)21-15(4,5)22-13;1-11(2)14-5-6(16-11)8-7(13)9-10(15-8)18-12(3,4)17-9;1-4-7(5-2)6-3;7-1-2(8)5-3(9)4(10)6(11)12-5;2-1-3/h6,8,10-13H,1,7H2,2-5H3;6-10,13H,5H2,1-4H3;4-6H2,1-3H3;2-11H,1H2;1H2. The van der Waals surface area contributed by atoms with E-state index >= 15 is 0 Å². The topological polar surface area (TPSA) is 252 Å². The average Bonchev–Trinajstić information content (AvgIpc) is 4.06. The van der Waals surface area contributed by atoms with Crippen LogP contribution in [0.15, 0.2) is 12.7 Å². The molecule has 22 heteroatoms. The molecule has 0 aromatic rings. The van der Waals surface area contributed by atoms with E-state index in [0.717, 1.165) is 6.08 Å². The molecule has 0 amide bonds. The first-order valence-electron chi connectivity index (χ1n) is 20.8. The van der Waals surface area contributed by atoms with E-state index < -0.39 is 116 Å². The predicted octanol–water partition coefficient (Wildman–Crippen LogP) is 1.04. The molecule has 0 saturated carbocycles. The lowest BCUT2D eigenvalue weighted by Gasteiger charge is -2.28. The Bertz CT molecular complexity index is 1370. The van der Waals surface area contributed by atoms with Crippen molar-refractivity contribution in [1.82, 2.24) is 4.90 Å². The number of esters is 1. The van der Waals surface area contributed by atoms with Gasteiger partial charge in [-0.15, -0.1) is 23.2 Å². The van der Waals surface area contributed by atoms with Crippen LogP contribution in [0.25, 0.3) is 0 Å². The Labute approximate surface area is 374 Å². The van der Waals surface area contributed by atoms with Gasteiger partial charge in [0.25, 0.3) is 0 Å². The Morgan fingerprint density at radius 1 is 0.694 bits per heavy atom. The number of carbonyl (C=O) groups excluding carboxylic acids is 1. The third-order valence-electron chi connectivity index (χ3n) is 10.5. The number of halogens is 2. The summed E-state index contributed by atoms with van der Waals surface area (Å²) in [5.74, 6) is -3.36. The maximum Gasteiger partial charge on any atom is 0.330 e. The van der Waals surface area contributed by atoms with Gasteiger partial charge in [0.2, 0.25) is 0 Å². The van der Waals surface area contributed by atoms with Crippen molar-refractivity contribution in [2.45, 2.75) is 191 Å². The van der Waals surface area contributed by atoms with Crippen LogP contribution in [-0.4, -0.2) is 202 Å². The minimum Gasteiger partial charge on any atom is -0.453 e. The lowest BCUT2D eigenvalue weighted by atomic mass is 10.1. The average molecular weight is 941 g/mol. The van der Waals surface area contributed by atoms with Gasteiger partial charge in [0, 0.05) is 6.08 Å². The number of hydrogen-bond acceptors (Lipinski definition) is 20. The number of aliphatic hydroxyl groups is 6. The van der Waals surface area contributed by atoms with Crippen LogP contribution in [-0.2, 0) is 61.6 Å². The molecule has 7 heterocycles. The first-order valence-corrected chi connectivity index (χ1v) is 21.9. The summed E-state index contributed by atoms with van der Waals surface area (Å²) < 4.78 is 66.9. The smallest absolute Gasteiger partial charge is 0.330 e. The summed E-state index contributed by atoms with van der Waals surface area (Å²) in [6.07, 6.45) is -10.8. The minimum absolute atomic E-state index is 0.194. The SMILES string of the molecule is C=CC(=O)OC1C(C2COC(C)(C)O2)OC2OC(C)(C)OC21.CC1(C)OCC(C2OC3OC(C)(C)OC3C2O)O1.CCN(CC)CC.ClCCl.OCC(O)C1OC(O)C(O)C1O.